The number of nitrogens with one attached hydrogen (secondary N) is 1. The Bertz CT molecular complexity index is 160. The van der Waals surface area contributed by atoms with E-state index in [4.69, 9.17) is 4.74 Å². The van der Waals surface area contributed by atoms with Crippen molar-refractivity contribution in [2.24, 2.45) is 11.8 Å². The molecule has 1 fully saturated rings. The van der Waals surface area contributed by atoms with E-state index in [9.17, 15) is 0 Å². The van der Waals surface area contributed by atoms with Crippen LogP contribution in [0.2, 0.25) is 0 Å². The second kappa shape index (κ2) is 5.13. The summed E-state index contributed by atoms with van der Waals surface area (Å²) >= 11 is 0. The van der Waals surface area contributed by atoms with E-state index in [1.54, 1.807) is 0 Å². The molecule has 2 heteroatoms. The Hall–Kier alpha value is -0.0800. The van der Waals surface area contributed by atoms with Crippen LogP contribution in [0.5, 0.6) is 0 Å². The summed E-state index contributed by atoms with van der Waals surface area (Å²) in [7, 11) is 0. The molecular formula is C12H25NO. The Morgan fingerprint density at radius 3 is 2.36 bits per heavy atom. The molecule has 0 unspecified atom stereocenters. The molecule has 0 bridgehead atoms. The first kappa shape index (κ1) is 12.0. The van der Waals surface area contributed by atoms with Crippen LogP contribution >= 0.6 is 0 Å². The lowest BCUT2D eigenvalue weighted by Gasteiger charge is -2.33. The highest BCUT2D eigenvalue weighted by atomic mass is 16.5. The van der Waals surface area contributed by atoms with Crippen molar-refractivity contribution in [3.63, 3.8) is 0 Å². The Labute approximate surface area is 88.4 Å². The van der Waals surface area contributed by atoms with Crippen LogP contribution in [0.15, 0.2) is 0 Å². The Kier molecular flexibility index (Phi) is 4.39. The SMILES string of the molecule is CC(C)C(C)(C)NCC1CCOCC1. The van der Waals surface area contributed by atoms with Gasteiger partial charge in [-0.3, -0.25) is 0 Å². The van der Waals surface area contributed by atoms with Gasteiger partial charge in [0.25, 0.3) is 0 Å². The van der Waals surface area contributed by atoms with Gasteiger partial charge in [-0.25, -0.2) is 0 Å². The van der Waals surface area contributed by atoms with E-state index in [1.165, 1.54) is 12.8 Å². The van der Waals surface area contributed by atoms with Crippen molar-refractivity contribution in [3.05, 3.63) is 0 Å². The third-order valence-electron chi connectivity index (χ3n) is 3.63. The highest BCUT2D eigenvalue weighted by Crippen LogP contribution is 2.18. The molecule has 0 aromatic carbocycles. The van der Waals surface area contributed by atoms with Crippen molar-refractivity contribution in [3.8, 4) is 0 Å². The molecule has 1 saturated heterocycles. The van der Waals surface area contributed by atoms with Gasteiger partial charge in [-0.05, 0) is 45.1 Å². The third-order valence-corrected chi connectivity index (χ3v) is 3.63. The van der Waals surface area contributed by atoms with Crippen LogP contribution in [0.1, 0.15) is 40.5 Å². The summed E-state index contributed by atoms with van der Waals surface area (Å²) < 4.78 is 5.35. The van der Waals surface area contributed by atoms with Gasteiger partial charge in [0, 0.05) is 18.8 Å². The molecule has 1 aliphatic heterocycles. The van der Waals surface area contributed by atoms with Crippen molar-refractivity contribution in [1.29, 1.82) is 0 Å². The fourth-order valence-electron chi connectivity index (χ4n) is 1.56. The van der Waals surface area contributed by atoms with Gasteiger partial charge in [-0.15, -0.1) is 0 Å². The molecule has 0 amide bonds. The van der Waals surface area contributed by atoms with Crippen molar-refractivity contribution < 1.29 is 4.74 Å². The summed E-state index contributed by atoms with van der Waals surface area (Å²) in [6.45, 7) is 12.2. The first-order valence-electron chi connectivity index (χ1n) is 5.85. The van der Waals surface area contributed by atoms with E-state index >= 15 is 0 Å². The maximum Gasteiger partial charge on any atom is 0.0469 e. The summed E-state index contributed by atoms with van der Waals surface area (Å²) in [6.07, 6.45) is 2.45. The average Bonchev–Trinajstić information content (AvgIpc) is 2.16. The highest BCUT2D eigenvalue weighted by molar-refractivity contribution is 4.82. The summed E-state index contributed by atoms with van der Waals surface area (Å²) in [5.41, 5.74) is 0.262. The van der Waals surface area contributed by atoms with E-state index in [-0.39, 0.29) is 5.54 Å². The summed E-state index contributed by atoms with van der Waals surface area (Å²) in [4.78, 5) is 0. The minimum atomic E-state index is 0.262. The molecule has 0 aromatic rings. The lowest BCUT2D eigenvalue weighted by atomic mass is 9.89. The minimum Gasteiger partial charge on any atom is -0.381 e. The van der Waals surface area contributed by atoms with Gasteiger partial charge in [0.05, 0.1) is 0 Å². The maximum absolute atomic E-state index is 5.35. The lowest BCUT2D eigenvalue weighted by Crippen LogP contribution is -2.46. The maximum atomic E-state index is 5.35. The second-order valence-corrected chi connectivity index (χ2v) is 5.31. The molecule has 0 spiro atoms. The van der Waals surface area contributed by atoms with Gasteiger partial charge in [0.2, 0.25) is 0 Å². The van der Waals surface area contributed by atoms with Crippen LogP contribution in [0.4, 0.5) is 0 Å². The van der Waals surface area contributed by atoms with Gasteiger partial charge in [0.15, 0.2) is 0 Å². The van der Waals surface area contributed by atoms with Crippen molar-refractivity contribution >= 4 is 0 Å². The standard InChI is InChI=1S/C12H25NO/c1-10(2)12(3,4)13-9-11-5-7-14-8-6-11/h10-11,13H,5-9H2,1-4H3. The fourth-order valence-corrected chi connectivity index (χ4v) is 1.56. The molecule has 0 saturated carbocycles. The van der Waals surface area contributed by atoms with Crippen LogP contribution in [-0.4, -0.2) is 25.3 Å². The van der Waals surface area contributed by atoms with E-state index in [2.05, 4.69) is 33.0 Å². The van der Waals surface area contributed by atoms with Crippen molar-refractivity contribution in [1.82, 2.24) is 5.32 Å². The molecule has 1 rings (SSSR count). The molecule has 14 heavy (non-hydrogen) atoms. The monoisotopic (exact) mass is 199 g/mol. The van der Waals surface area contributed by atoms with Gasteiger partial charge in [-0.2, -0.15) is 0 Å². The Morgan fingerprint density at radius 1 is 1.29 bits per heavy atom. The zero-order valence-corrected chi connectivity index (χ0v) is 10.1. The number of hydrogen-bond acceptors (Lipinski definition) is 2. The van der Waals surface area contributed by atoms with Gasteiger partial charge >= 0.3 is 0 Å². The Morgan fingerprint density at radius 2 is 1.86 bits per heavy atom. The Balaban J connectivity index is 2.24. The van der Waals surface area contributed by atoms with Gasteiger partial charge in [0.1, 0.15) is 0 Å². The first-order valence-corrected chi connectivity index (χ1v) is 5.85. The van der Waals surface area contributed by atoms with E-state index in [0.29, 0.717) is 5.92 Å². The normalized spacial score (nSPS) is 20.4. The minimum absolute atomic E-state index is 0.262. The van der Waals surface area contributed by atoms with Gasteiger partial charge < -0.3 is 10.1 Å². The highest BCUT2D eigenvalue weighted by Gasteiger charge is 2.23. The zero-order valence-electron chi connectivity index (χ0n) is 10.1. The van der Waals surface area contributed by atoms with Crippen molar-refractivity contribution in [2.75, 3.05) is 19.8 Å². The largest absolute Gasteiger partial charge is 0.381 e. The predicted molar refractivity (Wildman–Crippen MR) is 60.5 cm³/mol. The molecular weight excluding hydrogens is 174 g/mol. The topological polar surface area (TPSA) is 21.3 Å². The quantitative estimate of drug-likeness (QED) is 0.751. The first-order chi connectivity index (χ1) is 6.52. The molecule has 0 aromatic heterocycles. The molecule has 1 N–H and O–H groups in total. The molecule has 2 nitrogen and oxygen atoms in total. The van der Waals surface area contributed by atoms with Crippen LogP contribution in [-0.2, 0) is 4.74 Å². The summed E-state index contributed by atoms with van der Waals surface area (Å²) in [6, 6.07) is 0. The van der Waals surface area contributed by atoms with E-state index in [0.717, 1.165) is 25.7 Å². The number of rotatable bonds is 4. The summed E-state index contributed by atoms with van der Waals surface area (Å²) in [5, 5.41) is 3.67. The molecule has 84 valence electrons. The summed E-state index contributed by atoms with van der Waals surface area (Å²) in [5.74, 6) is 1.50. The van der Waals surface area contributed by atoms with Crippen LogP contribution in [0.3, 0.4) is 0 Å². The molecule has 1 heterocycles. The molecule has 0 radical (unpaired) electrons. The molecule has 1 aliphatic rings. The predicted octanol–water partition coefficient (Wildman–Crippen LogP) is 2.44. The number of ether oxygens (including phenoxy) is 1. The van der Waals surface area contributed by atoms with E-state index < -0.39 is 0 Å². The third kappa shape index (κ3) is 3.58. The smallest absolute Gasteiger partial charge is 0.0469 e. The fraction of sp³-hybridized carbons (Fsp3) is 1.00. The average molecular weight is 199 g/mol. The second-order valence-electron chi connectivity index (χ2n) is 5.31. The molecule has 0 atom stereocenters. The van der Waals surface area contributed by atoms with Gasteiger partial charge in [-0.1, -0.05) is 13.8 Å². The molecule has 0 aliphatic carbocycles. The zero-order chi connectivity index (χ0) is 10.6. The lowest BCUT2D eigenvalue weighted by molar-refractivity contribution is 0.0629. The van der Waals surface area contributed by atoms with E-state index in [1.807, 2.05) is 0 Å². The van der Waals surface area contributed by atoms with Crippen LogP contribution in [0, 0.1) is 11.8 Å². The van der Waals surface area contributed by atoms with Crippen LogP contribution < -0.4 is 5.32 Å². The number of hydrogen-bond donors (Lipinski definition) is 1. The van der Waals surface area contributed by atoms with Crippen LogP contribution in [0.25, 0.3) is 0 Å². The van der Waals surface area contributed by atoms with Crippen molar-refractivity contribution in [2.45, 2.75) is 46.1 Å².